The molecule has 0 saturated heterocycles. The molecule has 0 radical (unpaired) electrons. The first-order valence-electron chi connectivity index (χ1n) is 7.26. The molecule has 1 atom stereocenters. The van der Waals surface area contributed by atoms with Gasteiger partial charge >= 0.3 is 0 Å². The summed E-state index contributed by atoms with van der Waals surface area (Å²) in [5, 5.41) is 16.1. The Morgan fingerprint density at radius 1 is 1.33 bits per heavy atom. The van der Waals surface area contributed by atoms with Crippen LogP contribution in [0.3, 0.4) is 0 Å². The van der Waals surface area contributed by atoms with E-state index in [1.165, 1.54) is 37.0 Å². The van der Waals surface area contributed by atoms with Crippen molar-refractivity contribution < 1.29 is 5.11 Å². The zero-order valence-corrected chi connectivity index (χ0v) is 11.7. The van der Waals surface area contributed by atoms with Gasteiger partial charge in [-0.05, 0) is 49.5 Å². The second-order valence-electron chi connectivity index (χ2n) is 6.00. The lowest BCUT2D eigenvalue weighted by Crippen LogP contribution is -2.47. The number of rotatable bonds is 5. The topological polar surface area (TPSA) is 32.3 Å². The molecule has 100 valence electrons. The fourth-order valence-electron chi connectivity index (χ4n) is 3.32. The molecule has 0 amide bonds. The predicted molar refractivity (Wildman–Crippen MR) is 75.8 cm³/mol. The van der Waals surface area contributed by atoms with E-state index in [-0.39, 0.29) is 0 Å². The van der Waals surface area contributed by atoms with E-state index in [1.54, 1.807) is 0 Å². The number of thiophene rings is 1. The van der Waals surface area contributed by atoms with Gasteiger partial charge in [-0.3, -0.25) is 0 Å². The van der Waals surface area contributed by atoms with Crippen LogP contribution in [0.5, 0.6) is 0 Å². The summed E-state index contributed by atoms with van der Waals surface area (Å²) >= 11 is 1.85. The summed E-state index contributed by atoms with van der Waals surface area (Å²) in [7, 11) is 0. The van der Waals surface area contributed by atoms with Gasteiger partial charge in [-0.15, -0.1) is 11.3 Å². The minimum atomic E-state index is -0.409. The van der Waals surface area contributed by atoms with Crippen LogP contribution >= 0.6 is 11.3 Å². The molecule has 1 aromatic rings. The molecule has 3 heteroatoms. The third-order valence-electron chi connectivity index (χ3n) is 4.66. The Bertz CT molecular complexity index is 366. The van der Waals surface area contributed by atoms with Gasteiger partial charge in [0.1, 0.15) is 0 Å². The van der Waals surface area contributed by atoms with Crippen LogP contribution < -0.4 is 5.32 Å². The van der Waals surface area contributed by atoms with Crippen molar-refractivity contribution in [3.05, 3.63) is 22.4 Å². The molecule has 0 bridgehead atoms. The van der Waals surface area contributed by atoms with Gasteiger partial charge in [-0.2, -0.15) is 0 Å². The van der Waals surface area contributed by atoms with Gasteiger partial charge in [0.05, 0.1) is 5.60 Å². The fraction of sp³-hybridized carbons (Fsp3) is 0.733. The first-order chi connectivity index (χ1) is 8.77. The van der Waals surface area contributed by atoms with Crippen LogP contribution in [0.25, 0.3) is 0 Å². The molecule has 0 spiro atoms. The second kappa shape index (κ2) is 5.32. The Morgan fingerprint density at radius 2 is 2.11 bits per heavy atom. The molecule has 1 heterocycles. The Morgan fingerprint density at radius 3 is 2.67 bits per heavy atom. The van der Waals surface area contributed by atoms with E-state index in [9.17, 15) is 5.11 Å². The van der Waals surface area contributed by atoms with Gasteiger partial charge in [0.25, 0.3) is 0 Å². The lowest BCUT2D eigenvalue weighted by Gasteiger charge is -2.38. The molecule has 2 nitrogen and oxygen atoms in total. The average Bonchev–Trinajstić information content (AvgIpc) is 2.99. The van der Waals surface area contributed by atoms with Crippen molar-refractivity contribution in [3.8, 4) is 0 Å². The van der Waals surface area contributed by atoms with E-state index < -0.39 is 5.60 Å². The van der Waals surface area contributed by atoms with Gasteiger partial charge in [0.2, 0.25) is 0 Å². The Labute approximate surface area is 113 Å². The smallest absolute Gasteiger partial charge is 0.0771 e. The highest BCUT2D eigenvalue weighted by molar-refractivity contribution is 7.10. The summed E-state index contributed by atoms with van der Waals surface area (Å²) in [5.74, 6) is 0.771. The minimum absolute atomic E-state index is 0.409. The second-order valence-corrected chi connectivity index (χ2v) is 6.98. The monoisotopic (exact) mass is 265 g/mol. The van der Waals surface area contributed by atoms with Crippen LogP contribution in [0.15, 0.2) is 17.5 Å². The maximum Gasteiger partial charge on any atom is 0.0771 e. The highest BCUT2D eigenvalue weighted by atomic mass is 32.1. The third kappa shape index (κ3) is 2.63. The first-order valence-corrected chi connectivity index (χ1v) is 8.14. The van der Waals surface area contributed by atoms with Crippen molar-refractivity contribution in [2.75, 3.05) is 6.54 Å². The number of nitrogens with one attached hydrogen (secondary N) is 1. The molecular weight excluding hydrogens is 242 g/mol. The Balaban J connectivity index is 1.65. The molecule has 1 aromatic heterocycles. The summed E-state index contributed by atoms with van der Waals surface area (Å²) in [6.07, 6.45) is 8.56. The third-order valence-corrected chi connectivity index (χ3v) is 5.61. The molecule has 3 rings (SSSR count). The van der Waals surface area contributed by atoms with E-state index in [1.807, 2.05) is 11.3 Å². The Hall–Kier alpha value is -0.380. The van der Waals surface area contributed by atoms with Crippen molar-refractivity contribution in [2.45, 2.75) is 56.6 Å². The SMILES string of the molecule is OC1(CNC(c2cccs2)C2CCCC2)CCC1. The van der Waals surface area contributed by atoms with Gasteiger partial charge < -0.3 is 10.4 Å². The van der Waals surface area contributed by atoms with E-state index in [4.69, 9.17) is 0 Å². The van der Waals surface area contributed by atoms with Gasteiger partial charge in [-0.1, -0.05) is 18.9 Å². The van der Waals surface area contributed by atoms with Crippen molar-refractivity contribution in [2.24, 2.45) is 5.92 Å². The fourth-order valence-corrected chi connectivity index (χ4v) is 4.21. The lowest BCUT2D eigenvalue weighted by atomic mass is 9.80. The molecule has 2 aliphatic carbocycles. The van der Waals surface area contributed by atoms with Crippen molar-refractivity contribution in [1.82, 2.24) is 5.32 Å². The molecule has 2 N–H and O–H groups in total. The first kappa shape index (κ1) is 12.6. The molecule has 2 aliphatic rings. The van der Waals surface area contributed by atoms with E-state index in [0.717, 1.165) is 25.3 Å². The van der Waals surface area contributed by atoms with Crippen LogP contribution in [-0.4, -0.2) is 17.3 Å². The summed E-state index contributed by atoms with van der Waals surface area (Å²) in [6.45, 7) is 0.770. The van der Waals surface area contributed by atoms with Crippen LogP contribution in [0.2, 0.25) is 0 Å². The summed E-state index contributed by atoms with van der Waals surface area (Å²) in [5.41, 5.74) is -0.409. The van der Waals surface area contributed by atoms with E-state index >= 15 is 0 Å². The quantitative estimate of drug-likeness (QED) is 0.854. The molecule has 0 aromatic carbocycles. The minimum Gasteiger partial charge on any atom is -0.389 e. The van der Waals surface area contributed by atoms with Crippen molar-refractivity contribution in [3.63, 3.8) is 0 Å². The lowest BCUT2D eigenvalue weighted by molar-refractivity contribution is -0.0344. The van der Waals surface area contributed by atoms with Gasteiger partial charge in [0.15, 0.2) is 0 Å². The molecular formula is C15H23NOS. The van der Waals surface area contributed by atoms with E-state index in [0.29, 0.717) is 6.04 Å². The number of hydrogen-bond donors (Lipinski definition) is 2. The Kier molecular flexibility index (Phi) is 3.73. The highest BCUT2D eigenvalue weighted by Crippen LogP contribution is 2.38. The molecule has 2 saturated carbocycles. The normalized spacial score (nSPS) is 24.9. The van der Waals surface area contributed by atoms with Crippen molar-refractivity contribution in [1.29, 1.82) is 0 Å². The zero-order chi connectivity index (χ0) is 12.4. The summed E-state index contributed by atoms with van der Waals surface area (Å²) < 4.78 is 0. The molecule has 1 unspecified atom stereocenters. The highest BCUT2D eigenvalue weighted by Gasteiger charge is 2.36. The molecule has 2 fully saturated rings. The van der Waals surface area contributed by atoms with Crippen molar-refractivity contribution >= 4 is 11.3 Å². The van der Waals surface area contributed by atoms with Crippen LogP contribution in [-0.2, 0) is 0 Å². The number of hydrogen-bond acceptors (Lipinski definition) is 3. The summed E-state index contributed by atoms with van der Waals surface area (Å²) in [4.78, 5) is 1.45. The van der Waals surface area contributed by atoms with Crippen LogP contribution in [0.1, 0.15) is 55.9 Å². The maximum atomic E-state index is 10.2. The number of aliphatic hydroxyl groups is 1. The van der Waals surface area contributed by atoms with Gasteiger partial charge in [-0.25, -0.2) is 0 Å². The summed E-state index contributed by atoms with van der Waals surface area (Å²) in [6, 6.07) is 4.85. The largest absolute Gasteiger partial charge is 0.389 e. The van der Waals surface area contributed by atoms with Crippen LogP contribution in [0.4, 0.5) is 0 Å². The predicted octanol–water partition coefficient (Wildman–Crippen LogP) is 3.48. The molecule has 0 aliphatic heterocycles. The maximum absolute atomic E-state index is 10.2. The van der Waals surface area contributed by atoms with Crippen LogP contribution in [0, 0.1) is 5.92 Å². The van der Waals surface area contributed by atoms with Gasteiger partial charge in [0, 0.05) is 17.5 Å². The standard InChI is InChI=1S/C15H23NOS/c17-15(8-4-9-15)11-16-14(12-5-1-2-6-12)13-7-3-10-18-13/h3,7,10,12,14,16-17H,1-2,4-6,8-9,11H2. The van der Waals surface area contributed by atoms with E-state index in [2.05, 4.69) is 22.8 Å². The molecule has 18 heavy (non-hydrogen) atoms. The zero-order valence-electron chi connectivity index (χ0n) is 10.9. The average molecular weight is 265 g/mol.